The van der Waals surface area contributed by atoms with E-state index < -0.39 is 0 Å². The van der Waals surface area contributed by atoms with Crippen molar-refractivity contribution in [1.82, 2.24) is 9.13 Å². The highest BCUT2D eigenvalue weighted by Crippen LogP contribution is 2.15. The lowest BCUT2D eigenvalue weighted by Gasteiger charge is -2.10. The maximum Gasteiger partial charge on any atom is 0.328 e. The zero-order valence-electron chi connectivity index (χ0n) is 18.1. The molecule has 0 spiro atoms. The van der Waals surface area contributed by atoms with E-state index in [4.69, 9.17) is 4.74 Å². The summed E-state index contributed by atoms with van der Waals surface area (Å²) in [7, 11) is 1.69. The van der Waals surface area contributed by atoms with Crippen LogP contribution in [0.25, 0.3) is 0 Å². The number of imidazole rings is 1. The molecule has 0 aliphatic rings. The highest BCUT2D eigenvalue weighted by molar-refractivity contribution is 5.30. The minimum absolute atomic E-state index is 0.101. The fourth-order valence-corrected chi connectivity index (χ4v) is 3.70. The van der Waals surface area contributed by atoms with Gasteiger partial charge in [0.05, 0.1) is 13.7 Å². The van der Waals surface area contributed by atoms with E-state index in [9.17, 15) is 4.79 Å². The lowest BCUT2D eigenvalue weighted by molar-refractivity contribution is 0.414. The standard InChI is InChI=1S/C25H32N2O2/c1-5-15-26-18-23(8-6-7-21-11-13-24(29-4)14-12-21)27(25(26)28)17-22-10-9-19(2)20(3)16-22/h9-14,16,18H,5-8,15,17H2,1-4H3. The van der Waals surface area contributed by atoms with Crippen LogP contribution in [-0.4, -0.2) is 16.2 Å². The van der Waals surface area contributed by atoms with Crippen molar-refractivity contribution in [3.63, 3.8) is 0 Å². The molecule has 154 valence electrons. The fourth-order valence-electron chi connectivity index (χ4n) is 3.70. The molecule has 4 nitrogen and oxygen atoms in total. The molecule has 3 aromatic rings. The summed E-state index contributed by atoms with van der Waals surface area (Å²) >= 11 is 0. The number of aromatic nitrogens is 2. The molecule has 29 heavy (non-hydrogen) atoms. The Hall–Kier alpha value is -2.75. The second-order valence-corrected chi connectivity index (χ2v) is 7.80. The Kier molecular flexibility index (Phi) is 6.97. The van der Waals surface area contributed by atoms with Gasteiger partial charge in [-0.2, -0.15) is 0 Å². The monoisotopic (exact) mass is 392 g/mol. The number of benzene rings is 2. The van der Waals surface area contributed by atoms with Gasteiger partial charge < -0.3 is 4.74 Å². The number of rotatable bonds is 9. The predicted octanol–water partition coefficient (Wildman–Crippen LogP) is 4.91. The van der Waals surface area contributed by atoms with Crippen LogP contribution >= 0.6 is 0 Å². The predicted molar refractivity (Wildman–Crippen MR) is 119 cm³/mol. The van der Waals surface area contributed by atoms with Gasteiger partial charge in [0.2, 0.25) is 0 Å². The molecule has 0 radical (unpaired) electrons. The first-order valence-electron chi connectivity index (χ1n) is 10.5. The third kappa shape index (κ3) is 5.20. The van der Waals surface area contributed by atoms with E-state index in [0.29, 0.717) is 6.54 Å². The molecule has 0 amide bonds. The summed E-state index contributed by atoms with van der Waals surface area (Å²) in [6, 6.07) is 14.7. The van der Waals surface area contributed by atoms with Crippen LogP contribution < -0.4 is 10.4 Å². The van der Waals surface area contributed by atoms with Crippen LogP contribution in [0.1, 0.15) is 47.7 Å². The summed E-state index contributed by atoms with van der Waals surface area (Å²) in [6.45, 7) is 7.75. The highest BCUT2D eigenvalue weighted by Gasteiger charge is 2.12. The molecule has 0 fully saturated rings. The van der Waals surface area contributed by atoms with Crippen molar-refractivity contribution < 1.29 is 4.74 Å². The summed E-state index contributed by atoms with van der Waals surface area (Å²) in [5.74, 6) is 0.882. The maximum absolute atomic E-state index is 13.0. The minimum atomic E-state index is 0.101. The Balaban J connectivity index is 1.76. The molecule has 1 aromatic heterocycles. The van der Waals surface area contributed by atoms with Crippen LogP contribution in [0.2, 0.25) is 0 Å². The highest BCUT2D eigenvalue weighted by atomic mass is 16.5. The van der Waals surface area contributed by atoms with Gasteiger partial charge in [0, 0.05) is 18.4 Å². The molecule has 4 heteroatoms. The molecule has 0 bridgehead atoms. The van der Waals surface area contributed by atoms with E-state index in [1.54, 1.807) is 7.11 Å². The van der Waals surface area contributed by atoms with Gasteiger partial charge in [-0.15, -0.1) is 0 Å². The Bertz CT molecular complexity index is 997. The quantitative estimate of drug-likeness (QED) is 0.519. The smallest absolute Gasteiger partial charge is 0.328 e. The number of hydrogen-bond acceptors (Lipinski definition) is 2. The number of ether oxygens (including phenoxy) is 1. The van der Waals surface area contributed by atoms with Crippen molar-refractivity contribution in [2.45, 2.75) is 59.5 Å². The first-order chi connectivity index (χ1) is 14.0. The van der Waals surface area contributed by atoms with Crippen molar-refractivity contribution >= 4 is 0 Å². The first kappa shape index (κ1) is 21.0. The minimum Gasteiger partial charge on any atom is -0.497 e. The molecule has 2 aromatic carbocycles. The normalized spacial score (nSPS) is 11.0. The third-order valence-electron chi connectivity index (χ3n) is 5.56. The molecule has 0 unspecified atom stereocenters. The summed E-state index contributed by atoms with van der Waals surface area (Å²) < 4.78 is 9.05. The number of aryl methyl sites for hydroxylation is 5. The third-order valence-corrected chi connectivity index (χ3v) is 5.56. The van der Waals surface area contributed by atoms with Gasteiger partial charge in [-0.25, -0.2) is 4.79 Å². The van der Waals surface area contributed by atoms with Crippen LogP contribution in [-0.2, 0) is 25.9 Å². The van der Waals surface area contributed by atoms with Gasteiger partial charge in [0.15, 0.2) is 0 Å². The van der Waals surface area contributed by atoms with Crippen molar-refractivity contribution in [1.29, 1.82) is 0 Å². The molecule has 0 saturated carbocycles. The van der Waals surface area contributed by atoms with E-state index in [-0.39, 0.29) is 5.69 Å². The molecule has 0 saturated heterocycles. The Labute approximate surface area is 173 Å². The zero-order valence-corrected chi connectivity index (χ0v) is 18.1. The summed E-state index contributed by atoms with van der Waals surface area (Å²) in [5.41, 5.74) is 6.25. The second-order valence-electron chi connectivity index (χ2n) is 7.80. The summed E-state index contributed by atoms with van der Waals surface area (Å²) in [6.07, 6.45) is 5.90. The van der Waals surface area contributed by atoms with E-state index in [1.165, 1.54) is 22.3 Å². The zero-order chi connectivity index (χ0) is 20.8. The van der Waals surface area contributed by atoms with Gasteiger partial charge in [-0.3, -0.25) is 9.13 Å². The second kappa shape index (κ2) is 9.64. The molecule has 0 aliphatic heterocycles. The van der Waals surface area contributed by atoms with Crippen LogP contribution in [0.15, 0.2) is 53.5 Å². The van der Waals surface area contributed by atoms with Crippen molar-refractivity contribution in [3.05, 3.63) is 87.1 Å². The lowest BCUT2D eigenvalue weighted by Crippen LogP contribution is -2.25. The first-order valence-corrected chi connectivity index (χ1v) is 10.5. The molecule has 0 atom stereocenters. The largest absolute Gasteiger partial charge is 0.497 e. The summed E-state index contributed by atoms with van der Waals surface area (Å²) in [5, 5.41) is 0. The van der Waals surface area contributed by atoms with E-state index in [2.05, 4.69) is 57.3 Å². The van der Waals surface area contributed by atoms with Crippen LogP contribution in [0.3, 0.4) is 0 Å². The SMILES string of the molecule is CCCn1cc(CCCc2ccc(OC)cc2)n(Cc2ccc(C)c(C)c2)c1=O. The number of methoxy groups -OCH3 is 1. The van der Waals surface area contributed by atoms with Crippen molar-refractivity contribution in [3.8, 4) is 5.75 Å². The van der Waals surface area contributed by atoms with Gasteiger partial charge in [-0.1, -0.05) is 37.3 Å². The molecular formula is C25H32N2O2. The number of hydrogen-bond donors (Lipinski definition) is 0. The number of nitrogens with zero attached hydrogens (tertiary/aromatic N) is 2. The molecular weight excluding hydrogens is 360 g/mol. The van der Waals surface area contributed by atoms with E-state index in [1.807, 2.05) is 21.3 Å². The maximum atomic E-state index is 13.0. The Morgan fingerprint density at radius 2 is 1.66 bits per heavy atom. The average Bonchev–Trinajstić information content (AvgIpc) is 3.01. The van der Waals surface area contributed by atoms with E-state index in [0.717, 1.165) is 43.7 Å². The Morgan fingerprint density at radius 3 is 2.31 bits per heavy atom. The van der Waals surface area contributed by atoms with Crippen molar-refractivity contribution in [2.24, 2.45) is 0 Å². The topological polar surface area (TPSA) is 36.2 Å². The molecule has 0 N–H and O–H groups in total. The van der Waals surface area contributed by atoms with Gasteiger partial charge in [-0.05, 0) is 73.9 Å². The molecule has 0 aliphatic carbocycles. The van der Waals surface area contributed by atoms with Crippen molar-refractivity contribution in [2.75, 3.05) is 7.11 Å². The average molecular weight is 393 g/mol. The molecule has 3 rings (SSSR count). The fraction of sp³-hybridized carbons (Fsp3) is 0.400. The van der Waals surface area contributed by atoms with Gasteiger partial charge >= 0.3 is 5.69 Å². The summed E-state index contributed by atoms with van der Waals surface area (Å²) in [4.78, 5) is 13.0. The van der Waals surface area contributed by atoms with Crippen LogP contribution in [0, 0.1) is 13.8 Å². The lowest BCUT2D eigenvalue weighted by atomic mass is 10.1. The molecule has 1 heterocycles. The van der Waals surface area contributed by atoms with Gasteiger partial charge in [0.25, 0.3) is 0 Å². The van der Waals surface area contributed by atoms with Crippen LogP contribution in [0.5, 0.6) is 5.75 Å². The van der Waals surface area contributed by atoms with Crippen LogP contribution in [0.4, 0.5) is 0 Å². The van der Waals surface area contributed by atoms with Gasteiger partial charge in [0.1, 0.15) is 5.75 Å². The van der Waals surface area contributed by atoms with E-state index >= 15 is 0 Å². The Morgan fingerprint density at radius 1 is 0.931 bits per heavy atom.